The summed E-state index contributed by atoms with van der Waals surface area (Å²) in [7, 11) is 1.62. The largest absolute Gasteiger partial charge is 0.464 e. The molecule has 0 aliphatic heterocycles. The standard InChI is InChI=1S/C12H25NO4/c1-12(2,3)10(13)11(14)17-7-5-6-16-9-8-15-4/h10H,5-9,13H2,1-4H3. The lowest BCUT2D eigenvalue weighted by molar-refractivity contribution is -0.148. The van der Waals surface area contributed by atoms with Gasteiger partial charge in [0.15, 0.2) is 0 Å². The van der Waals surface area contributed by atoms with E-state index in [1.165, 1.54) is 0 Å². The van der Waals surface area contributed by atoms with Gasteiger partial charge in [0.2, 0.25) is 0 Å². The maximum absolute atomic E-state index is 11.5. The molecule has 0 radical (unpaired) electrons. The van der Waals surface area contributed by atoms with E-state index in [0.29, 0.717) is 32.8 Å². The zero-order valence-corrected chi connectivity index (χ0v) is 11.3. The summed E-state index contributed by atoms with van der Waals surface area (Å²) in [5, 5.41) is 0. The van der Waals surface area contributed by atoms with Crippen LogP contribution in [0, 0.1) is 5.41 Å². The molecule has 0 bridgehead atoms. The molecule has 0 aliphatic carbocycles. The lowest BCUT2D eigenvalue weighted by Crippen LogP contribution is -2.43. The number of nitrogens with two attached hydrogens (primary N) is 1. The Bertz CT molecular complexity index is 213. The fourth-order valence-corrected chi connectivity index (χ4v) is 1.02. The Balaban J connectivity index is 3.52. The number of hydrogen-bond donors (Lipinski definition) is 1. The first-order valence-electron chi connectivity index (χ1n) is 5.88. The van der Waals surface area contributed by atoms with Crippen LogP contribution < -0.4 is 5.73 Å². The number of rotatable bonds is 8. The molecule has 0 aromatic heterocycles. The van der Waals surface area contributed by atoms with Crippen LogP contribution in [0.3, 0.4) is 0 Å². The highest BCUT2D eigenvalue weighted by Crippen LogP contribution is 2.18. The van der Waals surface area contributed by atoms with Gasteiger partial charge in [-0.05, 0) is 5.41 Å². The van der Waals surface area contributed by atoms with Crippen molar-refractivity contribution in [3.8, 4) is 0 Å². The first kappa shape index (κ1) is 16.4. The highest BCUT2D eigenvalue weighted by atomic mass is 16.5. The topological polar surface area (TPSA) is 70.8 Å². The molecule has 0 rings (SSSR count). The summed E-state index contributed by atoms with van der Waals surface area (Å²) >= 11 is 0. The van der Waals surface area contributed by atoms with Crippen LogP contribution in [0.25, 0.3) is 0 Å². The zero-order chi connectivity index (χ0) is 13.3. The van der Waals surface area contributed by atoms with E-state index in [1.807, 2.05) is 20.8 Å². The Labute approximate surface area is 104 Å². The second-order valence-corrected chi connectivity index (χ2v) is 4.97. The van der Waals surface area contributed by atoms with E-state index in [1.54, 1.807) is 7.11 Å². The molecule has 5 heteroatoms. The minimum atomic E-state index is -0.586. The molecule has 0 aliphatic rings. The summed E-state index contributed by atoms with van der Waals surface area (Å²) in [4.78, 5) is 11.5. The lowest BCUT2D eigenvalue weighted by Gasteiger charge is -2.24. The molecule has 0 saturated carbocycles. The summed E-state index contributed by atoms with van der Waals surface area (Å²) in [5.74, 6) is -0.352. The Kier molecular flexibility index (Phi) is 8.12. The van der Waals surface area contributed by atoms with Crippen molar-refractivity contribution in [1.82, 2.24) is 0 Å². The van der Waals surface area contributed by atoms with Crippen molar-refractivity contribution in [2.45, 2.75) is 33.2 Å². The van der Waals surface area contributed by atoms with E-state index in [-0.39, 0.29) is 11.4 Å². The van der Waals surface area contributed by atoms with Gasteiger partial charge >= 0.3 is 5.97 Å². The number of hydrogen-bond acceptors (Lipinski definition) is 5. The highest BCUT2D eigenvalue weighted by Gasteiger charge is 2.28. The number of carbonyl (C=O) groups is 1. The normalized spacial score (nSPS) is 13.5. The molecule has 0 aromatic rings. The average Bonchev–Trinajstić information content (AvgIpc) is 2.25. The second-order valence-electron chi connectivity index (χ2n) is 4.97. The Morgan fingerprint density at radius 1 is 1.18 bits per heavy atom. The number of carbonyl (C=O) groups excluding carboxylic acids is 1. The van der Waals surface area contributed by atoms with Crippen molar-refractivity contribution in [2.24, 2.45) is 11.1 Å². The van der Waals surface area contributed by atoms with Crippen molar-refractivity contribution in [2.75, 3.05) is 33.5 Å². The zero-order valence-electron chi connectivity index (χ0n) is 11.3. The van der Waals surface area contributed by atoms with Gasteiger partial charge in [-0.3, -0.25) is 4.79 Å². The van der Waals surface area contributed by atoms with Crippen LogP contribution >= 0.6 is 0 Å². The third kappa shape index (κ3) is 8.12. The van der Waals surface area contributed by atoms with E-state index in [4.69, 9.17) is 19.9 Å². The number of methoxy groups -OCH3 is 1. The van der Waals surface area contributed by atoms with E-state index in [0.717, 1.165) is 0 Å². The van der Waals surface area contributed by atoms with Gasteiger partial charge in [0.25, 0.3) is 0 Å². The maximum atomic E-state index is 11.5. The molecule has 0 saturated heterocycles. The molecule has 1 atom stereocenters. The van der Waals surface area contributed by atoms with Gasteiger partial charge in [-0.25, -0.2) is 0 Å². The van der Waals surface area contributed by atoms with Crippen LogP contribution in [0.5, 0.6) is 0 Å². The molecule has 1 unspecified atom stereocenters. The molecule has 0 heterocycles. The first-order chi connectivity index (χ1) is 7.89. The summed E-state index contributed by atoms with van der Waals surface area (Å²) in [5.41, 5.74) is 5.48. The molecule has 0 fully saturated rings. The van der Waals surface area contributed by atoms with Gasteiger partial charge in [-0.15, -0.1) is 0 Å². The Morgan fingerprint density at radius 3 is 2.35 bits per heavy atom. The lowest BCUT2D eigenvalue weighted by atomic mass is 9.87. The van der Waals surface area contributed by atoms with Crippen LogP contribution in [0.2, 0.25) is 0 Å². The van der Waals surface area contributed by atoms with Crippen LogP contribution in [0.1, 0.15) is 27.2 Å². The van der Waals surface area contributed by atoms with Gasteiger partial charge in [0.1, 0.15) is 6.04 Å². The fourth-order valence-electron chi connectivity index (χ4n) is 1.02. The maximum Gasteiger partial charge on any atom is 0.323 e. The SMILES string of the molecule is COCCOCCCOC(=O)C(N)C(C)(C)C. The quantitative estimate of drug-likeness (QED) is 0.511. The highest BCUT2D eigenvalue weighted by molar-refractivity contribution is 5.76. The Morgan fingerprint density at radius 2 is 1.82 bits per heavy atom. The van der Waals surface area contributed by atoms with E-state index >= 15 is 0 Å². The van der Waals surface area contributed by atoms with E-state index < -0.39 is 6.04 Å². The molecule has 2 N–H and O–H groups in total. The fraction of sp³-hybridized carbons (Fsp3) is 0.917. The molecular weight excluding hydrogens is 222 g/mol. The van der Waals surface area contributed by atoms with Gasteiger partial charge in [-0.2, -0.15) is 0 Å². The van der Waals surface area contributed by atoms with Gasteiger partial charge in [0, 0.05) is 20.1 Å². The summed E-state index contributed by atoms with van der Waals surface area (Å²) in [6.45, 7) is 7.77. The van der Waals surface area contributed by atoms with Crippen molar-refractivity contribution in [3.63, 3.8) is 0 Å². The third-order valence-corrected chi connectivity index (χ3v) is 2.30. The van der Waals surface area contributed by atoms with Crippen LogP contribution in [-0.4, -0.2) is 45.5 Å². The van der Waals surface area contributed by atoms with Crippen LogP contribution in [0.4, 0.5) is 0 Å². The predicted molar refractivity (Wildman–Crippen MR) is 65.7 cm³/mol. The second kappa shape index (κ2) is 8.44. The van der Waals surface area contributed by atoms with Crippen molar-refractivity contribution in [1.29, 1.82) is 0 Å². The smallest absolute Gasteiger partial charge is 0.323 e. The van der Waals surface area contributed by atoms with Crippen LogP contribution in [-0.2, 0) is 19.0 Å². The van der Waals surface area contributed by atoms with Gasteiger partial charge < -0.3 is 19.9 Å². The predicted octanol–water partition coefficient (Wildman–Crippen LogP) is 0.956. The molecule has 0 amide bonds. The Hall–Kier alpha value is -0.650. The summed E-state index contributed by atoms with van der Waals surface area (Å²) in [6, 6.07) is -0.586. The van der Waals surface area contributed by atoms with E-state index in [9.17, 15) is 4.79 Å². The summed E-state index contributed by atoms with van der Waals surface area (Å²) in [6.07, 6.45) is 0.673. The minimum Gasteiger partial charge on any atom is -0.464 e. The van der Waals surface area contributed by atoms with Gasteiger partial charge in [-0.1, -0.05) is 20.8 Å². The molecule has 5 nitrogen and oxygen atoms in total. The number of ether oxygens (including phenoxy) is 3. The van der Waals surface area contributed by atoms with Crippen molar-refractivity contribution in [3.05, 3.63) is 0 Å². The van der Waals surface area contributed by atoms with Crippen LogP contribution in [0.15, 0.2) is 0 Å². The first-order valence-corrected chi connectivity index (χ1v) is 5.88. The molecular formula is C12H25NO4. The molecule has 0 aromatic carbocycles. The monoisotopic (exact) mass is 247 g/mol. The molecule has 17 heavy (non-hydrogen) atoms. The molecule has 0 spiro atoms. The van der Waals surface area contributed by atoms with Crippen molar-refractivity contribution >= 4 is 5.97 Å². The average molecular weight is 247 g/mol. The van der Waals surface area contributed by atoms with E-state index in [2.05, 4.69) is 0 Å². The minimum absolute atomic E-state index is 0.272. The summed E-state index contributed by atoms with van der Waals surface area (Å²) < 4.78 is 15.1. The third-order valence-electron chi connectivity index (χ3n) is 2.30. The van der Waals surface area contributed by atoms with Gasteiger partial charge in [0.05, 0.1) is 19.8 Å². The molecule has 102 valence electrons. The van der Waals surface area contributed by atoms with Crippen molar-refractivity contribution < 1.29 is 19.0 Å². The number of esters is 1.